The van der Waals surface area contributed by atoms with E-state index in [1.54, 1.807) is 18.9 Å². The molecule has 0 fully saturated rings. The third-order valence-corrected chi connectivity index (χ3v) is 2.91. The number of anilines is 1. The van der Waals surface area contributed by atoms with E-state index in [0.717, 1.165) is 16.8 Å². The average Bonchev–Trinajstić information content (AvgIpc) is 2.26. The Labute approximate surface area is 102 Å². The van der Waals surface area contributed by atoms with E-state index in [-0.39, 0.29) is 11.7 Å². The van der Waals surface area contributed by atoms with Crippen molar-refractivity contribution < 1.29 is 9.59 Å². The van der Waals surface area contributed by atoms with Gasteiger partial charge in [0.1, 0.15) is 0 Å². The normalized spacial score (nSPS) is 10.2. The molecule has 3 heteroatoms. The molecule has 1 rings (SSSR count). The fraction of sp³-hybridized carbons (Fsp3) is 0.429. The number of carbonyl (C=O) groups excluding carboxylic acids is 2. The molecule has 0 aliphatic heterocycles. The second-order valence-electron chi connectivity index (χ2n) is 4.32. The molecule has 1 amide bonds. The molecule has 0 saturated heterocycles. The van der Waals surface area contributed by atoms with Gasteiger partial charge in [-0.05, 0) is 44.0 Å². The van der Waals surface area contributed by atoms with Crippen molar-refractivity contribution in [2.45, 2.75) is 34.1 Å². The molecule has 17 heavy (non-hydrogen) atoms. The zero-order chi connectivity index (χ0) is 13.2. The van der Waals surface area contributed by atoms with Crippen molar-refractivity contribution in [2.75, 3.05) is 11.9 Å². The highest BCUT2D eigenvalue weighted by Gasteiger charge is 2.15. The van der Waals surface area contributed by atoms with E-state index >= 15 is 0 Å². The van der Waals surface area contributed by atoms with E-state index in [0.29, 0.717) is 12.0 Å². The van der Waals surface area contributed by atoms with Gasteiger partial charge in [-0.25, -0.2) is 0 Å². The van der Waals surface area contributed by atoms with E-state index in [9.17, 15) is 9.59 Å². The van der Waals surface area contributed by atoms with Crippen LogP contribution in [0.5, 0.6) is 0 Å². The molecule has 0 N–H and O–H groups in total. The van der Waals surface area contributed by atoms with E-state index in [2.05, 4.69) is 0 Å². The van der Waals surface area contributed by atoms with Crippen LogP contribution in [-0.2, 0) is 4.79 Å². The minimum atomic E-state index is 0.0484. The first-order valence-electron chi connectivity index (χ1n) is 5.77. The molecule has 0 heterocycles. The summed E-state index contributed by atoms with van der Waals surface area (Å²) in [5.41, 5.74) is 3.52. The van der Waals surface area contributed by atoms with Gasteiger partial charge in [-0.3, -0.25) is 9.59 Å². The zero-order valence-electron chi connectivity index (χ0n) is 11.1. The molecule has 1 aromatic carbocycles. The van der Waals surface area contributed by atoms with Gasteiger partial charge in [-0.15, -0.1) is 0 Å². The van der Waals surface area contributed by atoms with Crippen LogP contribution in [0, 0.1) is 13.8 Å². The van der Waals surface area contributed by atoms with Crippen molar-refractivity contribution in [3.63, 3.8) is 0 Å². The van der Waals surface area contributed by atoms with Crippen molar-refractivity contribution >= 4 is 17.4 Å². The summed E-state index contributed by atoms with van der Waals surface area (Å²) in [6.45, 7) is 7.24. The van der Waals surface area contributed by atoms with Gasteiger partial charge < -0.3 is 4.90 Å². The maximum absolute atomic E-state index is 11.7. The van der Waals surface area contributed by atoms with Crippen molar-refractivity contribution in [3.8, 4) is 0 Å². The molecule has 0 unspecified atom stereocenters. The van der Waals surface area contributed by atoms with Gasteiger partial charge in [0.25, 0.3) is 0 Å². The third kappa shape index (κ3) is 2.73. The van der Waals surface area contributed by atoms with Gasteiger partial charge in [-0.1, -0.05) is 6.92 Å². The van der Waals surface area contributed by atoms with E-state index in [1.165, 1.54) is 0 Å². The predicted molar refractivity (Wildman–Crippen MR) is 69.6 cm³/mol. The summed E-state index contributed by atoms with van der Waals surface area (Å²) in [6.07, 6.45) is 0.476. The number of hydrogen-bond donors (Lipinski definition) is 0. The number of aryl methyl sites for hydroxylation is 2. The fourth-order valence-corrected chi connectivity index (χ4v) is 2.05. The highest BCUT2D eigenvalue weighted by Crippen LogP contribution is 2.26. The molecule has 0 radical (unpaired) electrons. The topological polar surface area (TPSA) is 37.4 Å². The van der Waals surface area contributed by atoms with Crippen LogP contribution in [0.2, 0.25) is 0 Å². The van der Waals surface area contributed by atoms with Crippen molar-refractivity contribution in [1.29, 1.82) is 0 Å². The van der Waals surface area contributed by atoms with Gasteiger partial charge in [0, 0.05) is 24.7 Å². The van der Waals surface area contributed by atoms with Gasteiger partial charge in [0.2, 0.25) is 5.91 Å². The molecule has 1 aromatic rings. The first-order chi connectivity index (χ1) is 7.88. The highest BCUT2D eigenvalue weighted by atomic mass is 16.2. The number of rotatable bonds is 3. The number of carbonyl (C=O) groups is 2. The summed E-state index contributed by atoms with van der Waals surface area (Å²) >= 11 is 0. The van der Waals surface area contributed by atoms with E-state index < -0.39 is 0 Å². The molecule has 0 spiro atoms. The summed E-state index contributed by atoms with van der Waals surface area (Å²) in [5.74, 6) is 0.124. The standard InChI is InChI=1S/C14H19NO2/c1-6-13(17)15(5)14-9(2)7-12(11(4)16)8-10(14)3/h7-8H,6H2,1-5H3. The zero-order valence-corrected chi connectivity index (χ0v) is 11.1. The Hall–Kier alpha value is -1.64. The Morgan fingerprint density at radius 1 is 1.18 bits per heavy atom. The lowest BCUT2D eigenvalue weighted by molar-refractivity contribution is -0.118. The molecule has 92 valence electrons. The minimum absolute atomic E-state index is 0.0484. The summed E-state index contributed by atoms with van der Waals surface area (Å²) in [7, 11) is 1.77. The predicted octanol–water partition coefficient (Wildman–Crippen LogP) is 2.88. The lowest BCUT2D eigenvalue weighted by atomic mass is 10.0. The van der Waals surface area contributed by atoms with E-state index in [1.807, 2.05) is 32.9 Å². The summed E-state index contributed by atoms with van der Waals surface area (Å²) in [6, 6.07) is 3.67. The van der Waals surface area contributed by atoms with E-state index in [4.69, 9.17) is 0 Å². The Morgan fingerprint density at radius 2 is 1.65 bits per heavy atom. The molecule has 0 aliphatic carbocycles. The first kappa shape index (κ1) is 13.4. The summed E-state index contributed by atoms with van der Waals surface area (Å²) in [5, 5.41) is 0. The maximum Gasteiger partial charge on any atom is 0.226 e. The number of benzene rings is 1. The second kappa shape index (κ2) is 5.13. The number of ketones is 1. The third-order valence-electron chi connectivity index (χ3n) is 2.91. The van der Waals surface area contributed by atoms with Crippen LogP contribution in [0.4, 0.5) is 5.69 Å². The maximum atomic E-state index is 11.7. The number of hydrogen-bond acceptors (Lipinski definition) is 2. The SMILES string of the molecule is CCC(=O)N(C)c1c(C)cc(C(C)=O)cc1C. The summed E-state index contributed by atoms with van der Waals surface area (Å²) < 4.78 is 0. The van der Waals surface area contributed by atoms with Crippen LogP contribution in [0.15, 0.2) is 12.1 Å². The Kier molecular flexibility index (Phi) is 4.05. The Balaban J connectivity index is 3.27. The lowest BCUT2D eigenvalue weighted by Crippen LogP contribution is -2.26. The minimum Gasteiger partial charge on any atom is -0.315 e. The number of nitrogens with zero attached hydrogens (tertiary/aromatic N) is 1. The second-order valence-corrected chi connectivity index (χ2v) is 4.32. The van der Waals surface area contributed by atoms with Crippen LogP contribution in [0.1, 0.15) is 41.8 Å². The van der Waals surface area contributed by atoms with Gasteiger partial charge in [0.15, 0.2) is 5.78 Å². The monoisotopic (exact) mass is 233 g/mol. The molecule has 0 bridgehead atoms. The van der Waals surface area contributed by atoms with Gasteiger partial charge >= 0.3 is 0 Å². The highest BCUT2D eigenvalue weighted by molar-refractivity contribution is 5.98. The molecule has 0 saturated carbocycles. The van der Waals surface area contributed by atoms with Gasteiger partial charge in [-0.2, -0.15) is 0 Å². The molecular formula is C14H19NO2. The van der Waals surface area contributed by atoms with Crippen molar-refractivity contribution in [3.05, 3.63) is 28.8 Å². The molecule has 0 aromatic heterocycles. The van der Waals surface area contributed by atoms with Gasteiger partial charge in [0.05, 0.1) is 0 Å². The smallest absolute Gasteiger partial charge is 0.226 e. The van der Waals surface area contributed by atoms with Crippen LogP contribution in [-0.4, -0.2) is 18.7 Å². The van der Waals surface area contributed by atoms with Crippen LogP contribution < -0.4 is 4.90 Å². The van der Waals surface area contributed by atoms with Crippen molar-refractivity contribution in [1.82, 2.24) is 0 Å². The Bertz CT molecular complexity index is 440. The van der Waals surface area contributed by atoms with Crippen molar-refractivity contribution in [2.24, 2.45) is 0 Å². The lowest BCUT2D eigenvalue weighted by Gasteiger charge is -2.22. The first-order valence-corrected chi connectivity index (χ1v) is 5.77. The molecular weight excluding hydrogens is 214 g/mol. The number of Topliss-reactive ketones (excluding diaryl/α,β-unsaturated/α-hetero) is 1. The molecule has 0 atom stereocenters. The summed E-state index contributed by atoms with van der Waals surface area (Å²) in [4.78, 5) is 24.7. The molecule has 3 nitrogen and oxygen atoms in total. The van der Waals surface area contributed by atoms with Crippen LogP contribution in [0.25, 0.3) is 0 Å². The largest absolute Gasteiger partial charge is 0.315 e. The van der Waals surface area contributed by atoms with Crippen LogP contribution >= 0.6 is 0 Å². The number of amides is 1. The Morgan fingerprint density at radius 3 is 2.00 bits per heavy atom. The average molecular weight is 233 g/mol. The quantitative estimate of drug-likeness (QED) is 0.753. The fourth-order valence-electron chi connectivity index (χ4n) is 2.05. The molecule has 0 aliphatic rings. The van der Waals surface area contributed by atoms with Crippen LogP contribution in [0.3, 0.4) is 0 Å².